The molecule has 1 atom stereocenters. The summed E-state index contributed by atoms with van der Waals surface area (Å²) in [6.45, 7) is 2.23. The van der Waals surface area contributed by atoms with Gasteiger partial charge in [0.1, 0.15) is 5.82 Å². The molecule has 0 saturated carbocycles. The summed E-state index contributed by atoms with van der Waals surface area (Å²) in [7, 11) is 0. The molecule has 3 rings (SSSR count). The average Bonchev–Trinajstić information content (AvgIpc) is 2.81. The molecule has 0 N–H and O–H groups in total. The van der Waals surface area contributed by atoms with Gasteiger partial charge in [-0.3, -0.25) is 0 Å². The predicted molar refractivity (Wildman–Crippen MR) is 77.1 cm³/mol. The van der Waals surface area contributed by atoms with Gasteiger partial charge in [0.05, 0.1) is 16.1 Å². The number of hydrogen-bond acceptors (Lipinski definition) is 1. The first-order chi connectivity index (χ1) is 9.15. The Kier molecular flexibility index (Phi) is 3.22. The van der Waals surface area contributed by atoms with E-state index in [9.17, 15) is 9.65 Å². The summed E-state index contributed by atoms with van der Waals surface area (Å²) in [6, 6.07) is 3.50. The second kappa shape index (κ2) is 4.76. The van der Waals surface area contributed by atoms with Crippen LogP contribution in [0.2, 0.25) is 0 Å². The van der Waals surface area contributed by atoms with Gasteiger partial charge in [-0.1, -0.05) is 18.9 Å². The first-order valence-corrected chi connectivity index (χ1v) is 7.57. The van der Waals surface area contributed by atoms with Gasteiger partial charge >= 0.3 is 0 Å². The fourth-order valence-electron chi connectivity index (χ4n) is 3.40. The van der Waals surface area contributed by atoms with Gasteiger partial charge in [-0.15, -0.1) is 0 Å². The van der Waals surface area contributed by atoms with E-state index in [1.807, 2.05) is 0 Å². The summed E-state index contributed by atoms with van der Waals surface area (Å²) in [5.41, 5.74) is 5.22. The number of nitrogens with zero attached hydrogens (tertiary/aromatic N) is 1. The first-order valence-electron chi connectivity index (χ1n) is 6.77. The molecular weight excluding hydrogens is 305 g/mol. The maximum absolute atomic E-state index is 13.9. The molecule has 0 bridgehead atoms. The summed E-state index contributed by atoms with van der Waals surface area (Å²) in [5.74, 6) is 0.434. The summed E-state index contributed by atoms with van der Waals surface area (Å²) < 4.78 is 14.4. The number of rotatable bonds is 1. The third-order valence-electron chi connectivity index (χ3n) is 4.48. The van der Waals surface area contributed by atoms with Crippen LogP contribution in [0.1, 0.15) is 49.3 Å². The Labute approximate surface area is 121 Å². The predicted octanol–water partition coefficient (Wildman–Crippen LogP) is 4.98. The van der Waals surface area contributed by atoms with Gasteiger partial charge in [0.15, 0.2) is 0 Å². The third-order valence-corrected chi connectivity index (χ3v) is 5.26. The number of nitriles is 1. The van der Waals surface area contributed by atoms with Crippen LogP contribution in [0.5, 0.6) is 0 Å². The number of benzene rings is 1. The van der Waals surface area contributed by atoms with Gasteiger partial charge in [0.2, 0.25) is 0 Å². The molecule has 0 fully saturated rings. The molecular formula is C16H15BrFN. The molecule has 1 unspecified atom stereocenters. The highest BCUT2D eigenvalue weighted by atomic mass is 79.9. The molecule has 0 spiro atoms. The zero-order chi connectivity index (χ0) is 13.6. The lowest BCUT2D eigenvalue weighted by Gasteiger charge is -2.23. The van der Waals surface area contributed by atoms with Crippen LogP contribution >= 0.6 is 15.9 Å². The van der Waals surface area contributed by atoms with Crippen molar-refractivity contribution < 1.29 is 4.39 Å². The molecule has 0 saturated heterocycles. The van der Waals surface area contributed by atoms with E-state index in [1.165, 1.54) is 30.1 Å². The van der Waals surface area contributed by atoms with E-state index in [0.29, 0.717) is 10.0 Å². The van der Waals surface area contributed by atoms with Crippen molar-refractivity contribution in [2.75, 3.05) is 0 Å². The minimum absolute atomic E-state index is 0.318. The molecule has 98 valence electrons. The third kappa shape index (κ3) is 1.94. The van der Waals surface area contributed by atoms with Gasteiger partial charge in [-0.25, -0.2) is 4.39 Å². The Morgan fingerprint density at radius 1 is 1.53 bits per heavy atom. The molecule has 0 amide bonds. The number of allylic oxidation sites excluding steroid dienone is 2. The highest BCUT2D eigenvalue weighted by molar-refractivity contribution is 9.10. The number of halogens is 2. The minimum atomic E-state index is -0.318. The Bertz CT molecular complexity index is 625. The molecule has 1 aromatic carbocycles. The zero-order valence-corrected chi connectivity index (χ0v) is 12.5. The normalized spacial score (nSPS) is 21.1. The van der Waals surface area contributed by atoms with E-state index in [2.05, 4.69) is 28.9 Å². The monoisotopic (exact) mass is 319 g/mol. The molecule has 2 aliphatic rings. The van der Waals surface area contributed by atoms with E-state index in [1.54, 1.807) is 0 Å². The van der Waals surface area contributed by atoms with Crippen LogP contribution in [-0.4, -0.2) is 0 Å². The van der Waals surface area contributed by atoms with Crippen molar-refractivity contribution in [3.05, 3.63) is 38.6 Å². The van der Waals surface area contributed by atoms with Crippen LogP contribution in [0.3, 0.4) is 0 Å². The van der Waals surface area contributed by atoms with Gasteiger partial charge in [-0.05, 0) is 70.3 Å². The summed E-state index contributed by atoms with van der Waals surface area (Å²) in [4.78, 5) is 0. The van der Waals surface area contributed by atoms with E-state index in [4.69, 9.17) is 0 Å². The molecule has 1 aromatic rings. The lowest BCUT2D eigenvalue weighted by molar-refractivity contribution is 0.456. The Morgan fingerprint density at radius 2 is 2.32 bits per heavy atom. The van der Waals surface area contributed by atoms with E-state index >= 15 is 0 Å². The maximum atomic E-state index is 13.9. The second-order valence-corrected chi connectivity index (χ2v) is 6.25. The molecule has 3 heteroatoms. The molecule has 0 aliphatic heterocycles. The van der Waals surface area contributed by atoms with Crippen molar-refractivity contribution >= 4 is 21.5 Å². The molecule has 0 heterocycles. The number of fused-ring (bicyclic) bond motifs is 2. The van der Waals surface area contributed by atoms with Crippen LogP contribution in [-0.2, 0) is 6.42 Å². The van der Waals surface area contributed by atoms with Crippen molar-refractivity contribution in [3.63, 3.8) is 0 Å². The van der Waals surface area contributed by atoms with Gasteiger partial charge in [0.25, 0.3) is 0 Å². The molecule has 0 radical (unpaired) electrons. The van der Waals surface area contributed by atoms with Crippen molar-refractivity contribution in [2.45, 2.75) is 39.0 Å². The smallest absolute Gasteiger partial charge is 0.139 e. The molecule has 1 nitrogen and oxygen atoms in total. The van der Waals surface area contributed by atoms with Crippen LogP contribution in [0.25, 0.3) is 5.57 Å². The fraction of sp³-hybridized carbons (Fsp3) is 0.438. The highest BCUT2D eigenvalue weighted by Gasteiger charge is 2.31. The quantitative estimate of drug-likeness (QED) is 0.716. The first kappa shape index (κ1) is 12.9. The summed E-state index contributed by atoms with van der Waals surface area (Å²) >= 11 is 3.37. The van der Waals surface area contributed by atoms with Gasteiger partial charge in [0, 0.05) is 0 Å². The summed E-state index contributed by atoms with van der Waals surface area (Å²) in [5, 5.41) is 9.20. The number of hydrogen-bond donors (Lipinski definition) is 0. The lowest BCUT2D eigenvalue weighted by Crippen LogP contribution is -2.07. The van der Waals surface area contributed by atoms with Crippen molar-refractivity contribution in [1.82, 2.24) is 0 Å². The topological polar surface area (TPSA) is 23.8 Å². The van der Waals surface area contributed by atoms with Gasteiger partial charge < -0.3 is 0 Å². The molecule has 19 heavy (non-hydrogen) atoms. The van der Waals surface area contributed by atoms with E-state index < -0.39 is 0 Å². The minimum Gasteiger partial charge on any atom is -0.206 e. The fourth-order valence-corrected chi connectivity index (χ4v) is 4.00. The van der Waals surface area contributed by atoms with Crippen LogP contribution in [0.15, 0.2) is 16.1 Å². The van der Waals surface area contributed by atoms with Crippen molar-refractivity contribution in [2.24, 2.45) is 5.92 Å². The Hall–Kier alpha value is -1.14. The van der Waals surface area contributed by atoms with Crippen molar-refractivity contribution in [1.29, 1.82) is 5.26 Å². The van der Waals surface area contributed by atoms with Gasteiger partial charge in [-0.2, -0.15) is 5.26 Å². The Morgan fingerprint density at radius 3 is 3.00 bits per heavy atom. The van der Waals surface area contributed by atoms with Crippen LogP contribution in [0, 0.1) is 23.1 Å². The largest absolute Gasteiger partial charge is 0.206 e. The Balaban J connectivity index is 2.13. The highest BCUT2D eigenvalue weighted by Crippen LogP contribution is 2.48. The van der Waals surface area contributed by atoms with Crippen molar-refractivity contribution in [3.8, 4) is 6.07 Å². The average molecular weight is 320 g/mol. The molecule has 2 aliphatic carbocycles. The SMILES string of the molecule is CCC1CCC2=C(Cc3c(C#N)cc(F)c(Br)c32)C1. The van der Waals surface area contributed by atoms with Crippen LogP contribution < -0.4 is 0 Å². The standard InChI is InChI=1S/C16H15BrFN/c1-2-9-3-4-12-10(5-9)6-13-11(8-19)7-14(18)16(17)15(12)13/h7,9H,2-6H2,1H3. The lowest BCUT2D eigenvalue weighted by atomic mass is 9.83. The molecule has 0 aromatic heterocycles. The second-order valence-electron chi connectivity index (χ2n) is 5.46. The van der Waals surface area contributed by atoms with Crippen LogP contribution in [0.4, 0.5) is 4.39 Å². The zero-order valence-electron chi connectivity index (χ0n) is 10.9. The van der Waals surface area contributed by atoms with E-state index in [-0.39, 0.29) is 5.82 Å². The summed E-state index contributed by atoms with van der Waals surface area (Å²) in [6.07, 6.45) is 5.35. The maximum Gasteiger partial charge on any atom is 0.139 e. The van der Waals surface area contributed by atoms with E-state index in [0.717, 1.165) is 36.3 Å².